The molecule has 2 saturated heterocycles. The van der Waals surface area contributed by atoms with Gasteiger partial charge in [0.05, 0.1) is 17.7 Å². The monoisotopic (exact) mass is 389 g/mol. The van der Waals surface area contributed by atoms with Gasteiger partial charge in [-0.3, -0.25) is 14.4 Å². The van der Waals surface area contributed by atoms with Crippen molar-refractivity contribution in [1.82, 2.24) is 15.1 Å². The van der Waals surface area contributed by atoms with Crippen LogP contribution in [0.15, 0.2) is 0 Å². The van der Waals surface area contributed by atoms with Gasteiger partial charge in [0.15, 0.2) is 0 Å². The molecule has 3 atom stereocenters. The Labute approximate surface area is 154 Å². The molecule has 1 unspecified atom stereocenters. The lowest BCUT2D eigenvalue weighted by atomic mass is 9.98. The maximum absolute atomic E-state index is 13.4. The Morgan fingerprint density at radius 1 is 1.35 bits per heavy atom. The third-order valence-electron chi connectivity index (χ3n) is 5.38. The molecule has 2 aliphatic rings. The van der Waals surface area contributed by atoms with E-state index in [9.17, 15) is 29.4 Å². The summed E-state index contributed by atoms with van der Waals surface area (Å²) in [7, 11) is -2.61. The predicted molar refractivity (Wildman–Crippen MR) is 96.8 cm³/mol. The van der Waals surface area contributed by atoms with E-state index >= 15 is 0 Å². The van der Waals surface area contributed by atoms with Gasteiger partial charge in [-0.15, -0.1) is 10.0 Å². The number of likely N-dealkylation sites (N-methyl/N-ethyl adjacent to an activating group) is 2. The number of nitrogens with zero attached hydrogens (tertiary/aromatic N) is 2. The number of carboxylic acid groups (broad SMARTS) is 1. The Balaban J connectivity index is 2.45. The smallest absolute Gasteiger partial charge is 0.327 e. The van der Waals surface area contributed by atoms with Gasteiger partial charge in [-0.05, 0) is 27.7 Å². The molecule has 0 saturated carbocycles. The van der Waals surface area contributed by atoms with Gasteiger partial charge in [0.25, 0.3) is 5.24 Å². The lowest BCUT2D eigenvalue weighted by Gasteiger charge is -2.50. The first-order valence-corrected chi connectivity index (χ1v) is 10.5. The summed E-state index contributed by atoms with van der Waals surface area (Å²) in [4.78, 5) is 51.9. The quantitative estimate of drug-likeness (QED) is 0.554. The molecule has 2 fully saturated rings. The number of carboxylic acids is 1. The molecular weight excluding hydrogens is 362 g/mol. The molecule has 148 valence electrons. The Morgan fingerprint density at radius 3 is 2.35 bits per heavy atom. The number of hydrogen-bond acceptors (Lipinski definition) is 5. The number of carbonyl (C=O) groups excluding carboxylic acids is 3. The first-order chi connectivity index (χ1) is 12.1. The molecule has 9 nitrogen and oxygen atoms in total. The maximum atomic E-state index is 13.4. The van der Waals surface area contributed by atoms with E-state index in [1.165, 1.54) is 9.80 Å². The van der Waals surface area contributed by atoms with E-state index in [-0.39, 0.29) is 31.3 Å². The molecule has 2 heterocycles. The number of aliphatic hydroxyl groups is 1. The minimum absolute atomic E-state index is 0.0492. The van der Waals surface area contributed by atoms with Crippen molar-refractivity contribution in [3.05, 3.63) is 0 Å². The minimum atomic E-state index is -2.61. The van der Waals surface area contributed by atoms with Gasteiger partial charge in [0, 0.05) is 17.8 Å². The number of carbonyl (C=O) groups is 4. The Bertz CT molecular complexity index is 639. The van der Waals surface area contributed by atoms with Crippen LogP contribution < -0.4 is 5.32 Å². The van der Waals surface area contributed by atoms with E-state index in [0.717, 1.165) is 0 Å². The van der Waals surface area contributed by atoms with Gasteiger partial charge < -0.3 is 25.3 Å². The fraction of sp³-hybridized carbons (Fsp3) is 0.750. The van der Waals surface area contributed by atoms with E-state index in [1.807, 2.05) is 0 Å². The third-order valence-corrected chi connectivity index (χ3v) is 10.1. The number of hydrogen-bond donors (Lipinski definition) is 3. The molecule has 2 rings (SSSR count). The van der Waals surface area contributed by atoms with Crippen molar-refractivity contribution in [2.24, 2.45) is 0 Å². The van der Waals surface area contributed by atoms with Crippen molar-refractivity contribution < 1.29 is 29.4 Å². The summed E-state index contributed by atoms with van der Waals surface area (Å²) in [5.74, 6) is -2.33. The van der Waals surface area contributed by atoms with Crippen LogP contribution >= 0.6 is 10.0 Å². The van der Waals surface area contributed by atoms with Crippen molar-refractivity contribution in [2.45, 2.75) is 50.3 Å². The van der Waals surface area contributed by atoms with Crippen molar-refractivity contribution in [1.29, 1.82) is 0 Å². The zero-order valence-electron chi connectivity index (χ0n) is 15.5. The highest BCUT2D eigenvalue weighted by Gasteiger charge is 2.71. The summed E-state index contributed by atoms with van der Waals surface area (Å²) in [5.41, 5.74) is 0. The Kier molecular flexibility index (Phi) is 5.57. The summed E-state index contributed by atoms with van der Waals surface area (Å²) in [6.45, 7) is 7.26. The highest BCUT2D eigenvalue weighted by atomic mass is 32.3. The summed E-state index contributed by atoms with van der Waals surface area (Å²) in [6, 6.07) is -1.16. The lowest BCUT2D eigenvalue weighted by molar-refractivity contribution is -0.157. The minimum Gasteiger partial charge on any atom is -0.480 e. The number of β-lactam (4-membered cyclic amide) rings is 1. The summed E-state index contributed by atoms with van der Waals surface area (Å²) >= 11 is 0. The molecule has 26 heavy (non-hydrogen) atoms. The van der Waals surface area contributed by atoms with Gasteiger partial charge in [-0.1, -0.05) is 0 Å². The van der Waals surface area contributed by atoms with Crippen LogP contribution in [0.1, 0.15) is 34.1 Å². The number of aliphatic carboxylic acids is 1. The van der Waals surface area contributed by atoms with Gasteiger partial charge in [0.1, 0.15) is 12.6 Å². The van der Waals surface area contributed by atoms with Crippen LogP contribution in [0.2, 0.25) is 0 Å². The van der Waals surface area contributed by atoms with Crippen LogP contribution in [0.3, 0.4) is 0 Å². The van der Waals surface area contributed by atoms with Crippen molar-refractivity contribution in [2.75, 3.05) is 25.6 Å². The zero-order chi connectivity index (χ0) is 19.9. The number of aliphatic hydroxyl groups excluding tert-OH is 1. The number of nitrogens with one attached hydrogen (secondary N) is 1. The Morgan fingerprint density at radius 2 is 1.96 bits per heavy atom. The van der Waals surface area contributed by atoms with Crippen molar-refractivity contribution >= 4 is 33.1 Å². The first kappa shape index (κ1) is 20.5. The van der Waals surface area contributed by atoms with Crippen LogP contribution in [0.5, 0.6) is 0 Å². The topological polar surface area (TPSA) is 127 Å². The second kappa shape index (κ2) is 7.07. The van der Waals surface area contributed by atoms with Crippen LogP contribution in [-0.2, 0) is 14.4 Å². The molecule has 2 aliphatic heterocycles. The van der Waals surface area contributed by atoms with E-state index in [4.69, 9.17) is 0 Å². The van der Waals surface area contributed by atoms with Gasteiger partial charge in [0.2, 0.25) is 11.8 Å². The van der Waals surface area contributed by atoms with Crippen LogP contribution in [0.25, 0.3) is 0 Å². The van der Waals surface area contributed by atoms with E-state index in [2.05, 4.69) is 5.32 Å². The predicted octanol–water partition coefficient (Wildman–Crippen LogP) is 0.123. The fourth-order valence-corrected chi connectivity index (χ4v) is 8.28. The van der Waals surface area contributed by atoms with Crippen molar-refractivity contribution in [3.63, 3.8) is 0 Å². The molecule has 0 bridgehead atoms. The average Bonchev–Trinajstić information content (AvgIpc) is 2.73. The molecule has 0 aromatic heterocycles. The number of fused-ring (bicyclic) bond motifs is 1. The fourth-order valence-electron chi connectivity index (χ4n) is 3.96. The molecule has 0 aromatic carbocycles. The summed E-state index contributed by atoms with van der Waals surface area (Å²) < 4.78 is -1.11. The third kappa shape index (κ3) is 2.66. The molecular formula is C16H27N3O6S. The van der Waals surface area contributed by atoms with Crippen molar-refractivity contribution in [3.8, 4) is 0 Å². The lowest BCUT2D eigenvalue weighted by Crippen LogP contribution is -2.57. The van der Waals surface area contributed by atoms with E-state index < -0.39 is 43.3 Å². The molecule has 0 spiro atoms. The van der Waals surface area contributed by atoms with Gasteiger partial charge in [-0.2, -0.15) is 0 Å². The summed E-state index contributed by atoms with van der Waals surface area (Å²) in [5, 5.41) is 21.5. The van der Waals surface area contributed by atoms with Gasteiger partial charge in [-0.25, -0.2) is 4.79 Å². The largest absolute Gasteiger partial charge is 0.480 e. The molecule has 0 aliphatic carbocycles. The Hall–Kier alpha value is -1.81. The number of amides is 3. The second-order valence-corrected chi connectivity index (χ2v) is 10.7. The van der Waals surface area contributed by atoms with Crippen LogP contribution in [0, 0.1) is 0 Å². The summed E-state index contributed by atoms with van der Waals surface area (Å²) in [6.07, 6.45) is 0.0492. The van der Waals surface area contributed by atoms with Crippen LogP contribution in [-0.4, -0.2) is 84.8 Å². The van der Waals surface area contributed by atoms with E-state index in [1.54, 1.807) is 27.7 Å². The molecule has 3 amide bonds. The van der Waals surface area contributed by atoms with Gasteiger partial charge >= 0.3 is 5.97 Å². The molecule has 0 aromatic rings. The standard InChI is InChI=1S/C16H27N3O6S/c1-5-17-10(21)8-18(6-2)15(25)26(9-20)12-7-11(22)19(12)13(14(23)24)16(26,3)4/h12-13,20H,5-9H2,1-4H3,(H,17,21)(H,23,24)/t12-,13+/m1/s1. The first-order valence-electron chi connectivity index (χ1n) is 8.60. The molecule has 3 N–H and O–H groups in total. The maximum Gasteiger partial charge on any atom is 0.327 e. The van der Waals surface area contributed by atoms with E-state index in [0.29, 0.717) is 6.54 Å². The van der Waals surface area contributed by atoms with Crippen LogP contribution in [0.4, 0.5) is 4.79 Å². The molecule has 10 heteroatoms. The highest BCUT2D eigenvalue weighted by Crippen LogP contribution is 2.74. The highest BCUT2D eigenvalue weighted by molar-refractivity contribution is 8.46. The SMILES string of the molecule is CCNC(=O)CN(CC)C(=O)S1(CO)[C@@H]2CC(=O)N2[C@@H](C(=O)O)C1(C)C. The average molecular weight is 389 g/mol. The zero-order valence-corrected chi connectivity index (χ0v) is 16.3. The number of rotatable bonds is 6. The normalized spacial score (nSPS) is 31.4. The molecule has 0 radical (unpaired) electrons. The second-order valence-electron chi connectivity index (χ2n) is 6.96.